The first-order valence-electron chi connectivity index (χ1n) is 9.06. The van der Waals surface area contributed by atoms with Gasteiger partial charge in [0, 0.05) is 63.3 Å². The normalized spacial score (nSPS) is 18.4. The van der Waals surface area contributed by atoms with Gasteiger partial charge in [-0.3, -0.25) is 14.6 Å². The van der Waals surface area contributed by atoms with Gasteiger partial charge < -0.3 is 0 Å². The number of aromatic nitrogens is 4. The quantitative estimate of drug-likeness (QED) is 0.782. The minimum atomic E-state index is 0.0448. The zero-order chi connectivity index (χ0) is 17.1. The molecule has 2 aromatic heterocycles. The highest BCUT2D eigenvalue weighted by Crippen LogP contribution is 2.17. The predicted octanol–water partition coefficient (Wildman–Crippen LogP) is 0.340. The fourth-order valence-electron chi connectivity index (χ4n) is 3.68. The number of hydrogen-bond acceptors (Lipinski definition) is 6. The summed E-state index contributed by atoms with van der Waals surface area (Å²) in [7, 11) is 0. The first-order valence-corrected chi connectivity index (χ1v) is 9.06. The SMILES string of the molecule is O=c1cc2c(nn1CCN1CCN(Cc3cncnc3)CC1)CCC2. The van der Waals surface area contributed by atoms with Gasteiger partial charge in [0.2, 0.25) is 0 Å². The number of piperazine rings is 1. The van der Waals surface area contributed by atoms with Crippen LogP contribution in [0.25, 0.3) is 0 Å². The predicted molar refractivity (Wildman–Crippen MR) is 94.3 cm³/mol. The maximum atomic E-state index is 12.2. The van der Waals surface area contributed by atoms with Gasteiger partial charge >= 0.3 is 0 Å². The summed E-state index contributed by atoms with van der Waals surface area (Å²) in [5.41, 5.74) is 3.47. The summed E-state index contributed by atoms with van der Waals surface area (Å²) in [6, 6.07) is 1.79. The fraction of sp³-hybridized carbons (Fsp3) is 0.556. The van der Waals surface area contributed by atoms with Gasteiger partial charge in [-0.2, -0.15) is 5.10 Å². The molecule has 2 aromatic rings. The van der Waals surface area contributed by atoms with Crippen LogP contribution in [0.4, 0.5) is 0 Å². The average Bonchev–Trinajstić information content (AvgIpc) is 3.09. The number of rotatable bonds is 5. The van der Waals surface area contributed by atoms with Crippen molar-refractivity contribution in [1.82, 2.24) is 29.5 Å². The molecule has 0 saturated carbocycles. The standard InChI is InChI=1S/C18H24N6O/c25-18-10-16-2-1-3-17(16)21-24(18)9-8-22-4-6-23(7-5-22)13-15-11-19-14-20-12-15/h10-12,14H,1-9,13H2. The highest BCUT2D eigenvalue weighted by Gasteiger charge is 2.18. The van der Waals surface area contributed by atoms with Crippen molar-refractivity contribution in [3.8, 4) is 0 Å². The molecule has 0 unspecified atom stereocenters. The van der Waals surface area contributed by atoms with E-state index >= 15 is 0 Å². The van der Waals surface area contributed by atoms with E-state index < -0.39 is 0 Å². The van der Waals surface area contributed by atoms with Crippen molar-refractivity contribution in [2.45, 2.75) is 32.4 Å². The minimum absolute atomic E-state index is 0.0448. The fourth-order valence-corrected chi connectivity index (χ4v) is 3.68. The largest absolute Gasteiger partial charge is 0.299 e. The van der Waals surface area contributed by atoms with Crippen molar-refractivity contribution in [1.29, 1.82) is 0 Å². The summed E-state index contributed by atoms with van der Waals surface area (Å²) in [5.74, 6) is 0. The lowest BCUT2D eigenvalue weighted by Gasteiger charge is -2.34. The van der Waals surface area contributed by atoms with E-state index in [-0.39, 0.29) is 5.56 Å². The van der Waals surface area contributed by atoms with E-state index in [4.69, 9.17) is 0 Å². The van der Waals surface area contributed by atoms with E-state index in [1.165, 1.54) is 0 Å². The van der Waals surface area contributed by atoms with Gasteiger partial charge in [-0.1, -0.05) is 0 Å². The Balaban J connectivity index is 1.27. The Bertz CT molecular complexity index is 767. The molecular formula is C18H24N6O. The molecule has 0 bridgehead atoms. The zero-order valence-corrected chi connectivity index (χ0v) is 14.5. The number of hydrogen-bond donors (Lipinski definition) is 0. The summed E-state index contributed by atoms with van der Waals surface area (Å²) in [6.07, 6.45) is 8.47. The van der Waals surface area contributed by atoms with Crippen LogP contribution >= 0.6 is 0 Å². The summed E-state index contributed by atoms with van der Waals surface area (Å²) >= 11 is 0. The topological polar surface area (TPSA) is 67.2 Å². The van der Waals surface area contributed by atoms with Crippen LogP contribution in [0.2, 0.25) is 0 Å². The number of aryl methyl sites for hydroxylation is 2. The zero-order valence-electron chi connectivity index (χ0n) is 14.5. The first kappa shape index (κ1) is 16.4. The molecular weight excluding hydrogens is 316 g/mol. The highest BCUT2D eigenvalue weighted by atomic mass is 16.1. The first-order chi connectivity index (χ1) is 12.3. The van der Waals surface area contributed by atoms with E-state index in [0.29, 0.717) is 6.54 Å². The molecule has 132 valence electrons. The van der Waals surface area contributed by atoms with Crippen LogP contribution in [0.1, 0.15) is 23.2 Å². The Morgan fingerprint density at radius 1 is 0.960 bits per heavy atom. The molecule has 1 aliphatic carbocycles. The molecule has 1 aliphatic heterocycles. The number of fused-ring (bicyclic) bond motifs is 1. The molecule has 2 aliphatic rings. The highest BCUT2D eigenvalue weighted by molar-refractivity contribution is 5.22. The molecule has 0 radical (unpaired) electrons. The van der Waals surface area contributed by atoms with Crippen molar-refractivity contribution in [2.75, 3.05) is 32.7 Å². The molecule has 4 rings (SSSR count). The third kappa shape index (κ3) is 3.93. The van der Waals surface area contributed by atoms with Crippen molar-refractivity contribution < 1.29 is 0 Å². The van der Waals surface area contributed by atoms with Gasteiger partial charge in [-0.25, -0.2) is 14.6 Å². The van der Waals surface area contributed by atoms with Gasteiger partial charge in [0.15, 0.2) is 0 Å². The van der Waals surface area contributed by atoms with Gasteiger partial charge in [-0.05, 0) is 24.8 Å². The van der Waals surface area contributed by atoms with Crippen LogP contribution in [0.5, 0.6) is 0 Å². The van der Waals surface area contributed by atoms with Crippen LogP contribution in [0.15, 0.2) is 29.6 Å². The molecule has 1 saturated heterocycles. The summed E-state index contributed by atoms with van der Waals surface area (Å²) in [6.45, 7) is 6.57. The van der Waals surface area contributed by atoms with E-state index in [2.05, 4.69) is 24.9 Å². The molecule has 7 nitrogen and oxygen atoms in total. The third-order valence-corrected chi connectivity index (χ3v) is 5.14. The van der Waals surface area contributed by atoms with Crippen LogP contribution < -0.4 is 5.56 Å². The molecule has 25 heavy (non-hydrogen) atoms. The van der Waals surface area contributed by atoms with Gasteiger partial charge in [-0.15, -0.1) is 0 Å². The Kier molecular flexibility index (Phi) is 4.85. The molecule has 0 N–H and O–H groups in total. The second kappa shape index (κ2) is 7.41. The van der Waals surface area contributed by atoms with Crippen molar-refractivity contribution in [3.63, 3.8) is 0 Å². The van der Waals surface area contributed by atoms with Gasteiger partial charge in [0.1, 0.15) is 6.33 Å². The second-order valence-corrected chi connectivity index (χ2v) is 6.90. The average molecular weight is 340 g/mol. The molecule has 3 heterocycles. The van der Waals surface area contributed by atoms with Gasteiger partial charge in [0.05, 0.1) is 12.2 Å². The second-order valence-electron chi connectivity index (χ2n) is 6.90. The lowest BCUT2D eigenvalue weighted by atomic mass is 10.2. The van der Waals surface area contributed by atoms with Crippen molar-refractivity contribution in [3.05, 3.63) is 52.0 Å². The third-order valence-electron chi connectivity index (χ3n) is 5.14. The summed E-state index contributed by atoms with van der Waals surface area (Å²) in [4.78, 5) is 25.2. The summed E-state index contributed by atoms with van der Waals surface area (Å²) < 4.78 is 1.65. The molecule has 0 atom stereocenters. The summed E-state index contributed by atoms with van der Waals surface area (Å²) in [5, 5.41) is 4.56. The van der Waals surface area contributed by atoms with Crippen molar-refractivity contribution >= 4 is 0 Å². The maximum Gasteiger partial charge on any atom is 0.267 e. The lowest BCUT2D eigenvalue weighted by molar-refractivity contribution is 0.122. The van der Waals surface area contributed by atoms with Crippen molar-refractivity contribution in [2.24, 2.45) is 0 Å². The van der Waals surface area contributed by atoms with Crippen LogP contribution in [-0.2, 0) is 25.9 Å². The molecule has 0 amide bonds. The van der Waals surface area contributed by atoms with Gasteiger partial charge in [0.25, 0.3) is 5.56 Å². The Morgan fingerprint density at radius 3 is 2.52 bits per heavy atom. The maximum absolute atomic E-state index is 12.2. The minimum Gasteiger partial charge on any atom is -0.299 e. The van der Waals surface area contributed by atoms with E-state index in [9.17, 15) is 4.79 Å². The van der Waals surface area contributed by atoms with Crippen LogP contribution in [-0.4, -0.2) is 62.3 Å². The van der Waals surface area contributed by atoms with Crippen LogP contribution in [0.3, 0.4) is 0 Å². The Morgan fingerprint density at radius 2 is 1.72 bits per heavy atom. The Labute approximate surface area is 147 Å². The molecule has 0 aromatic carbocycles. The van der Waals surface area contributed by atoms with E-state index in [0.717, 1.165) is 75.4 Å². The van der Waals surface area contributed by atoms with Crippen LogP contribution in [0, 0.1) is 0 Å². The Hall–Kier alpha value is -2.12. The monoisotopic (exact) mass is 340 g/mol. The van der Waals surface area contributed by atoms with E-state index in [1.807, 2.05) is 12.4 Å². The van der Waals surface area contributed by atoms with E-state index in [1.54, 1.807) is 17.1 Å². The molecule has 7 heteroatoms. The molecule has 0 spiro atoms. The molecule has 1 fully saturated rings. The number of nitrogens with zero attached hydrogens (tertiary/aromatic N) is 6. The smallest absolute Gasteiger partial charge is 0.267 e. The lowest BCUT2D eigenvalue weighted by Crippen LogP contribution is -2.47.